The first-order valence-corrected chi connectivity index (χ1v) is 7.61. The molecule has 0 aromatic heterocycles. The maximum absolute atomic E-state index is 10.6. The summed E-state index contributed by atoms with van der Waals surface area (Å²) in [5, 5.41) is 13.8. The van der Waals surface area contributed by atoms with Crippen LogP contribution in [0.15, 0.2) is 29.3 Å². The van der Waals surface area contributed by atoms with Gasteiger partial charge in [0.2, 0.25) is 0 Å². The van der Waals surface area contributed by atoms with Crippen molar-refractivity contribution in [2.75, 3.05) is 19.6 Å². The lowest BCUT2D eigenvalue weighted by atomic mass is 10.2. The summed E-state index contributed by atoms with van der Waals surface area (Å²) in [4.78, 5) is 16.9. The van der Waals surface area contributed by atoms with Gasteiger partial charge in [0.05, 0.1) is 11.5 Å². The number of halogens is 1. The maximum atomic E-state index is 10.6. The standard InChI is InChI=1S/C15H23N5O2.HI/c1-2-19-9-3-4-14(19)11-18-15(16)17-10-12-5-7-13(8-6-12)20(21)22;/h5-8,14H,2-4,9-11H2,1H3,(H3,16,17,18);1H. The number of nitrogens with two attached hydrogens (primary N) is 1. The largest absolute Gasteiger partial charge is 0.370 e. The molecule has 0 bridgehead atoms. The van der Waals surface area contributed by atoms with Gasteiger partial charge in [-0.3, -0.25) is 15.0 Å². The molecule has 0 saturated carbocycles. The van der Waals surface area contributed by atoms with E-state index in [-0.39, 0.29) is 29.7 Å². The lowest BCUT2D eigenvalue weighted by molar-refractivity contribution is -0.384. The van der Waals surface area contributed by atoms with Gasteiger partial charge < -0.3 is 11.1 Å². The summed E-state index contributed by atoms with van der Waals surface area (Å²) in [5.74, 6) is 0.418. The van der Waals surface area contributed by atoms with Crippen LogP contribution in [-0.4, -0.2) is 41.5 Å². The van der Waals surface area contributed by atoms with Gasteiger partial charge in [0.15, 0.2) is 5.96 Å². The average molecular weight is 433 g/mol. The molecule has 1 saturated heterocycles. The molecule has 1 atom stereocenters. The molecule has 3 N–H and O–H groups in total. The number of guanidine groups is 1. The number of hydrogen-bond acceptors (Lipinski definition) is 4. The zero-order chi connectivity index (χ0) is 15.9. The minimum Gasteiger partial charge on any atom is -0.370 e. The number of hydrogen-bond donors (Lipinski definition) is 2. The molecule has 1 unspecified atom stereocenters. The van der Waals surface area contributed by atoms with Crippen LogP contribution in [0.1, 0.15) is 25.3 Å². The highest BCUT2D eigenvalue weighted by Gasteiger charge is 2.22. The van der Waals surface area contributed by atoms with E-state index in [1.165, 1.54) is 25.0 Å². The van der Waals surface area contributed by atoms with E-state index < -0.39 is 4.92 Å². The molecule has 0 amide bonds. The molecule has 23 heavy (non-hydrogen) atoms. The van der Waals surface area contributed by atoms with Gasteiger partial charge in [0.25, 0.3) is 5.69 Å². The Kier molecular flexibility index (Phi) is 8.24. The molecule has 7 nitrogen and oxygen atoms in total. The van der Waals surface area contributed by atoms with Crippen molar-refractivity contribution >= 4 is 35.6 Å². The summed E-state index contributed by atoms with van der Waals surface area (Å²) in [6.07, 6.45) is 2.43. The molecule has 1 aliphatic rings. The van der Waals surface area contributed by atoms with Crippen LogP contribution in [0, 0.1) is 10.1 Å². The van der Waals surface area contributed by atoms with Crippen LogP contribution in [0.25, 0.3) is 0 Å². The monoisotopic (exact) mass is 433 g/mol. The predicted molar refractivity (Wildman–Crippen MR) is 102 cm³/mol. The fourth-order valence-corrected chi connectivity index (χ4v) is 2.72. The topological polar surface area (TPSA) is 96.8 Å². The fourth-order valence-electron chi connectivity index (χ4n) is 2.72. The van der Waals surface area contributed by atoms with E-state index in [4.69, 9.17) is 5.73 Å². The molecule has 128 valence electrons. The summed E-state index contributed by atoms with van der Waals surface area (Å²) in [6.45, 7) is 5.61. The van der Waals surface area contributed by atoms with Gasteiger partial charge in [-0.05, 0) is 31.5 Å². The zero-order valence-electron chi connectivity index (χ0n) is 13.3. The third-order valence-electron chi connectivity index (χ3n) is 4.00. The Hall–Kier alpha value is -1.42. The van der Waals surface area contributed by atoms with Gasteiger partial charge in [-0.1, -0.05) is 19.1 Å². The molecular formula is C15H24IN5O2. The van der Waals surface area contributed by atoms with Crippen LogP contribution in [0.3, 0.4) is 0 Å². The summed E-state index contributed by atoms with van der Waals surface area (Å²) in [5.41, 5.74) is 6.85. The average Bonchev–Trinajstić information content (AvgIpc) is 2.98. The first-order valence-electron chi connectivity index (χ1n) is 7.61. The zero-order valence-corrected chi connectivity index (χ0v) is 15.6. The van der Waals surface area contributed by atoms with Gasteiger partial charge in [-0.25, -0.2) is 4.99 Å². The number of nitrogens with one attached hydrogen (secondary N) is 1. The Morgan fingerprint density at radius 3 is 2.78 bits per heavy atom. The molecule has 1 aromatic carbocycles. The van der Waals surface area contributed by atoms with Gasteiger partial charge >= 0.3 is 0 Å². The molecule has 8 heteroatoms. The number of nitro groups is 1. The van der Waals surface area contributed by atoms with Crippen molar-refractivity contribution in [1.29, 1.82) is 0 Å². The fraction of sp³-hybridized carbons (Fsp3) is 0.533. The van der Waals surface area contributed by atoms with Gasteiger partial charge in [-0.15, -0.1) is 24.0 Å². The second-order valence-electron chi connectivity index (χ2n) is 5.43. The van der Waals surface area contributed by atoms with E-state index in [2.05, 4.69) is 22.1 Å². The number of non-ortho nitro benzene ring substituents is 1. The van der Waals surface area contributed by atoms with Crippen molar-refractivity contribution in [3.05, 3.63) is 39.9 Å². The Balaban J connectivity index is 0.00000264. The van der Waals surface area contributed by atoms with Crippen LogP contribution in [0.5, 0.6) is 0 Å². The Morgan fingerprint density at radius 2 is 2.17 bits per heavy atom. The minimum atomic E-state index is -0.413. The number of nitrogens with zero attached hydrogens (tertiary/aromatic N) is 3. The normalized spacial score (nSPS) is 18.5. The first-order chi connectivity index (χ1) is 10.6. The van der Waals surface area contributed by atoms with Crippen LogP contribution in [-0.2, 0) is 6.54 Å². The molecule has 0 spiro atoms. The predicted octanol–water partition coefficient (Wildman–Crippen LogP) is 2.10. The quantitative estimate of drug-likeness (QED) is 0.236. The molecule has 2 rings (SSSR count). The van der Waals surface area contributed by atoms with Gasteiger partial charge in [0, 0.05) is 24.7 Å². The van der Waals surface area contributed by atoms with Crippen molar-refractivity contribution in [2.45, 2.75) is 32.4 Å². The van der Waals surface area contributed by atoms with Crippen LogP contribution >= 0.6 is 24.0 Å². The lowest BCUT2D eigenvalue weighted by Crippen LogP contribution is -2.42. The Morgan fingerprint density at radius 1 is 1.48 bits per heavy atom. The first kappa shape index (κ1) is 19.6. The van der Waals surface area contributed by atoms with E-state index in [1.807, 2.05) is 0 Å². The molecule has 1 aliphatic heterocycles. The van der Waals surface area contributed by atoms with Crippen molar-refractivity contribution in [3.8, 4) is 0 Å². The second kappa shape index (κ2) is 9.66. The smallest absolute Gasteiger partial charge is 0.269 e. The molecule has 0 radical (unpaired) electrons. The van der Waals surface area contributed by atoms with E-state index in [0.29, 0.717) is 18.5 Å². The van der Waals surface area contributed by atoms with E-state index >= 15 is 0 Å². The molecular weight excluding hydrogens is 409 g/mol. The molecule has 1 heterocycles. The van der Waals surface area contributed by atoms with E-state index in [0.717, 1.165) is 25.2 Å². The van der Waals surface area contributed by atoms with Crippen LogP contribution in [0.4, 0.5) is 5.69 Å². The van der Waals surface area contributed by atoms with E-state index in [9.17, 15) is 10.1 Å². The second-order valence-corrected chi connectivity index (χ2v) is 5.43. The van der Waals surface area contributed by atoms with Crippen LogP contribution < -0.4 is 11.1 Å². The Bertz CT molecular complexity index is 535. The number of likely N-dealkylation sites (N-methyl/N-ethyl adjacent to an activating group) is 1. The highest BCUT2D eigenvalue weighted by Crippen LogP contribution is 2.15. The van der Waals surface area contributed by atoms with Crippen molar-refractivity contribution in [2.24, 2.45) is 10.7 Å². The summed E-state index contributed by atoms with van der Waals surface area (Å²) >= 11 is 0. The maximum Gasteiger partial charge on any atom is 0.269 e. The molecule has 1 aromatic rings. The summed E-state index contributed by atoms with van der Waals surface area (Å²) in [6, 6.07) is 6.88. The SMILES string of the molecule is CCN1CCCC1CNC(N)=NCc1ccc([N+](=O)[O-])cc1.I. The van der Waals surface area contributed by atoms with Gasteiger partial charge in [0.1, 0.15) is 0 Å². The third-order valence-corrected chi connectivity index (χ3v) is 4.00. The Labute approximate surface area is 153 Å². The van der Waals surface area contributed by atoms with Crippen molar-refractivity contribution in [1.82, 2.24) is 10.2 Å². The number of likely N-dealkylation sites (tertiary alicyclic amines) is 1. The highest BCUT2D eigenvalue weighted by atomic mass is 127. The minimum absolute atomic E-state index is 0. The highest BCUT2D eigenvalue weighted by molar-refractivity contribution is 14.0. The van der Waals surface area contributed by atoms with Crippen molar-refractivity contribution < 1.29 is 4.92 Å². The van der Waals surface area contributed by atoms with E-state index in [1.54, 1.807) is 12.1 Å². The summed E-state index contributed by atoms with van der Waals surface area (Å²) in [7, 11) is 0. The number of rotatable bonds is 6. The van der Waals surface area contributed by atoms with Gasteiger partial charge in [-0.2, -0.15) is 0 Å². The lowest BCUT2D eigenvalue weighted by Gasteiger charge is -2.23. The molecule has 1 fully saturated rings. The number of nitro benzene ring substituents is 1. The number of aliphatic imine (C=N–C) groups is 1. The summed E-state index contributed by atoms with van der Waals surface area (Å²) < 4.78 is 0. The third kappa shape index (κ3) is 5.94. The number of benzene rings is 1. The van der Waals surface area contributed by atoms with Crippen molar-refractivity contribution in [3.63, 3.8) is 0 Å². The molecule has 0 aliphatic carbocycles. The van der Waals surface area contributed by atoms with Crippen LogP contribution in [0.2, 0.25) is 0 Å².